The first-order chi connectivity index (χ1) is 13.9. The van der Waals surface area contributed by atoms with E-state index >= 15 is 0 Å². The highest BCUT2D eigenvalue weighted by atomic mass is 32.1. The largest absolute Gasteiger partial charge is 0.380 e. The number of benzene rings is 1. The molecule has 0 unspecified atom stereocenters. The third-order valence-corrected chi connectivity index (χ3v) is 5.40. The van der Waals surface area contributed by atoms with Crippen molar-refractivity contribution >= 4 is 39.1 Å². The van der Waals surface area contributed by atoms with E-state index in [1.54, 1.807) is 10.7 Å². The lowest BCUT2D eigenvalue weighted by atomic mass is 10.3. The van der Waals surface area contributed by atoms with Crippen LogP contribution in [0.5, 0.6) is 0 Å². The number of aryl methyl sites for hydroxylation is 2. The Morgan fingerprint density at radius 3 is 2.72 bits per heavy atom. The highest BCUT2D eigenvalue weighted by Gasteiger charge is 2.13. The van der Waals surface area contributed by atoms with Gasteiger partial charge in [0.05, 0.1) is 16.8 Å². The SMILES string of the molecule is CCOCCn1c(=NC(=O)c2cc(C)n(CC)n2)sc2cc(NC(C)=O)ccc21. The monoisotopic (exact) mass is 415 g/mol. The van der Waals surface area contributed by atoms with Crippen molar-refractivity contribution in [2.45, 2.75) is 40.8 Å². The topological polar surface area (TPSA) is 90.5 Å². The summed E-state index contributed by atoms with van der Waals surface area (Å²) in [6, 6.07) is 7.40. The minimum atomic E-state index is -0.376. The normalized spacial score (nSPS) is 11.9. The highest BCUT2D eigenvalue weighted by Crippen LogP contribution is 2.22. The van der Waals surface area contributed by atoms with Gasteiger partial charge in [0.2, 0.25) is 5.91 Å². The second-order valence-corrected chi connectivity index (χ2v) is 7.51. The van der Waals surface area contributed by atoms with Crippen molar-refractivity contribution < 1.29 is 14.3 Å². The van der Waals surface area contributed by atoms with Gasteiger partial charge in [-0.3, -0.25) is 14.3 Å². The second kappa shape index (κ2) is 9.15. The van der Waals surface area contributed by atoms with Crippen LogP contribution in [0, 0.1) is 6.92 Å². The summed E-state index contributed by atoms with van der Waals surface area (Å²) in [4.78, 5) is 29.0. The Morgan fingerprint density at radius 2 is 2.07 bits per heavy atom. The number of rotatable bonds is 7. The van der Waals surface area contributed by atoms with Gasteiger partial charge in [0.25, 0.3) is 5.91 Å². The number of fused-ring (bicyclic) bond motifs is 1. The maximum absolute atomic E-state index is 12.7. The Kier molecular flexibility index (Phi) is 6.60. The standard InChI is InChI=1S/C20H25N5O3S/c1-5-25-13(3)11-16(23-25)19(27)22-20-24(9-10-28-6-2)17-8-7-15(21-14(4)26)12-18(17)29-20/h7-8,11-12H,5-6,9-10H2,1-4H3,(H,21,26). The van der Waals surface area contributed by atoms with Crippen molar-refractivity contribution in [1.29, 1.82) is 0 Å². The van der Waals surface area contributed by atoms with Crippen LogP contribution in [0.4, 0.5) is 5.69 Å². The van der Waals surface area contributed by atoms with Crippen LogP contribution in [0.3, 0.4) is 0 Å². The number of thiazole rings is 1. The molecule has 9 heteroatoms. The first-order valence-corrected chi connectivity index (χ1v) is 10.4. The van der Waals surface area contributed by atoms with Gasteiger partial charge in [-0.25, -0.2) is 0 Å². The minimum absolute atomic E-state index is 0.132. The number of hydrogen-bond acceptors (Lipinski definition) is 5. The summed E-state index contributed by atoms with van der Waals surface area (Å²) < 4.78 is 10.2. The Balaban J connectivity index is 2.05. The molecule has 0 spiro atoms. The van der Waals surface area contributed by atoms with E-state index in [1.165, 1.54) is 18.3 Å². The molecule has 0 radical (unpaired) electrons. The number of nitrogens with zero attached hydrogens (tertiary/aromatic N) is 4. The lowest BCUT2D eigenvalue weighted by molar-refractivity contribution is -0.114. The fourth-order valence-corrected chi connectivity index (χ4v) is 4.13. The molecular formula is C20H25N5O3S. The average molecular weight is 416 g/mol. The van der Waals surface area contributed by atoms with E-state index in [0.717, 1.165) is 15.9 Å². The Morgan fingerprint density at radius 1 is 1.28 bits per heavy atom. The molecule has 0 fully saturated rings. The van der Waals surface area contributed by atoms with Gasteiger partial charge in [0.1, 0.15) is 0 Å². The van der Waals surface area contributed by atoms with Crippen molar-refractivity contribution in [1.82, 2.24) is 14.3 Å². The fourth-order valence-electron chi connectivity index (χ4n) is 3.03. The molecule has 2 heterocycles. The first kappa shape index (κ1) is 20.9. The number of hydrogen-bond donors (Lipinski definition) is 1. The predicted octanol–water partition coefficient (Wildman–Crippen LogP) is 2.96. The summed E-state index contributed by atoms with van der Waals surface area (Å²) >= 11 is 1.40. The Labute approximate surface area is 172 Å². The second-order valence-electron chi connectivity index (χ2n) is 6.50. The summed E-state index contributed by atoms with van der Waals surface area (Å²) in [6.07, 6.45) is 0. The van der Waals surface area contributed by atoms with Gasteiger partial charge >= 0.3 is 0 Å². The molecule has 3 rings (SSSR count). The molecule has 154 valence electrons. The van der Waals surface area contributed by atoms with Crippen LogP contribution in [0.15, 0.2) is 29.3 Å². The number of amides is 2. The lowest BCUT2D eigenvalue weighted by Gasteiger charge is -2.06. The van der Waals surface area contributed by atoms with E-state index in [1.807, 2.05) is 43.5 Å². The van der Waals surface area contributed by atoms with Crippen LogP contribution >= 0.6 is 11.3 Å². The Hall–Kier alpha value is -2.78. The lowest BCUT2D eigenvalue weighted by Crippen LogP contribution is -2.20. The zero-order valence-corrected chi connectivity index (χ0v) is 17.9. The fraction of sp³-hybridized carbons (Fsp3) is 0.400. The molecule has 3 aromatic rings. The van der Waals surface area contributed by atoms with E-state index in [2.05, 4.69) is 15.4 Å². The zero-order chi connectivity index (χ0) is 21.0. The average Bonchev–Trinajstić information content (AvgIpc) is 3.21. The molecule has 0 saturated heterocycles. The molecule has 1 aromatic carbocycles. The van der Waals surface area contributed by atoms with Gasteiger partial charge in [-0.2, -0.15) is 10.1 Å². The van der Waals surface area contributed by atoms with E-state index in [0.29, 0.717) is 42.5 Å². The van der Waals surface area contributed by atoms with Gasteiger partial charge in [-0.15, -0.1) is 0 Å². The molecule has 0 aliphatic rings. The number of aromatic nitrogens is 3. The quantitative estimate of drug-likeness (QED) is 0.601. The summed E-state index contributed by atoms with van der Waals surface area (Å²) in [6.45, 7) is 9.71. The highest BCUT2D eigenvalue weighted by molar-refractivity contribution is 7.16. The minimum Gasteiger partial charge on any atom is -0.380 e. The van der Waals surface area contributed by atoms with Gasteiger partial charge in [0.15, 0.2) is 10.5 Å². The molecule has 0 saturated carbocycles. The summed E-state index contributed by atoms with van der Waals surface area (Å²) in [5, 5.41) is 7.11. The third-order valence-electron chi connectivity index (χ3n) is 4.36. The van der Waals surface area contributed by atoms with Crippen LogP contribution in [-0.4, -0.2) is 39.4 Å². The number of nitrogens with one attached hydrogen (secondary N) is 1. The van der Waals surface area contributed by atoms with Crippen LogP contribution in [0.1, 0.15) is 37.0 Å². The molecule has 2 amide bonds. The summed E-state index contributed by atoms with van der Waals surface area (Å²) in [7, 11) is 0. The maximum Gasteiger partial charge on any atom is 0.300 e. The molecule has 2 aromatic heterocycles. The van der Waals surface area contributed by atoms with E-state index < -0.39 is 0 Å². The van der Waals surface area contributed by atoms with Crippen molar-refractivity contribution in [3.8, 4) is 0 Å². The number of carbonyl (C=O) groups is 2. The van der Waals surface area contributed by atoms with Crippen molar-refractivity contribution in [3.63, 3.8) is 0 Å². The van der Waals surface area contributed by atoms with Gasteiger partial charge in [0, 0.05) is 38.0 Å². The first-order valence-electron chi connectivity index (χ1n) is 9.55. The van der Waals surface area contributed by atoms with Crippen molar-refractivity contribution in [2.75, 3.05) is 18.5 Å². The van der Waals surface area contributed by atoms with Gasteiger partial charge < -0.3 is 14.6 Å². The van der Waals surface area contributed by atoms with Crippen molar-refractivity contribution in [2.24, 2.45) is 4.99 Å². The molecule has 8 nitrogen and oxygen atoms in total. The van der Waals surface area contributed by atoms with Crippen LogP contribution in [-0.2, 0) is 22.6 Å². The Bertz CT molecular complexity index is 1110. The molecule has 0 atom stereocenters. The van der Waals surface area contributed by atoms with Crippen molar-refractivity contribution in [3.05, 3.63) is 40.5 Å². The molecule has 0 aliphatic heterocycles. The molecule has 0 aliphatic carbocycles. The summed E-state index contributed by atoms with van der Waals surface area (Å²) in [5.41, 5.74) is 2.90. The van der Waals surface area contributed by atoms with Crippen LogP contribution in [0.2, 0.25) is 0 Å². The molecular weight excluding hydrogens is 390 g/mol. The molecule has 1 N–H and O–H groups in total. The van der Waals surface area contributed by atoms with E-state index in [4.69, 9.17) is 4.74 Å². The third kappa shape index (κ3) is 4.80. The van der Waals surface area contributed by atoms with Crippen LogP contribution < -0.4 is 10.1 Å². The van der Waals surface area contributed by atoms with E-state index in [9.17, 15) is 9.59 Å². The zero-order valence-electron chi connectivity index (χ0n) is 17.1. The number of carbonyl (C=O) groups excluding carboxylic acids is 2. The molecule has 0 bridgehead atoms. The summed E-state index contributed by atoms with van der Waals surface area (Å²) in [5.74, 6) is -0.508. The van der Waals surface area contributed by atoms with E-state index in [-0.39, 0.29) is 11.8 Å². The predicted molar refractivity (Wildman–Crippen MR) is 113 cm³/mol. The molecule has 29 heavy (non-hydrogen) atoms. The number of anilines is 1. The van der Waals surface area contributed by atoms with Gasteiger partial charge in [-0.05, 0) is 45.0 Å². The van der Waals surface area contributed by atoms with Gasteiger partial charge in [-0.1, -0.05) is 11.3 Å². The smallest absolute Gasteiger partial charge is 0.300 e. The maximum atomic E-state index is 12.7. The van der Waals surface area contributed by atoms with Crippen LogP contribution in [0.25, 0.3) is 10.2 Å². The number of ether oxygens (including phenoxy) is 1.